The minimum Gasteiger partial charge on any atom is -0.362 e. The van der Waals surface area contributed by atoms with Gasteiger partial charge in [-0.15, -0.1) is 0 Å². The van der Waals surface area contributed by atoms with Gasteiger partial charge in [-0.2, -0.15) is 0 Å². The minimum atomic E-state index is -1.88. The summed E-state index contributed by atoms with van der Waals surface area (Å²) in [5.41, 5.74) is 24.0. The minimum absolute atomic E-state index is 0.170. The standard InChI is InChI=1S/C33H42N6O2/c34-28(20-30-10-4-6-17-38-30)22-32(36,23-29(35)21-31-11-5-7-18-39-31)26-14-12-25(13-15-26)24-37-19-16-33(40,41)27-8-2-1-3-9-27/h1-15,17-18,28-29,37,40-41H,16,19-24,34-36H2/t28-,29?,32?/m0/s1. The molecule has 4 aromatic rings. The molecule has 3 atom stereocenters. The Balaban J connectivity index is 1.40. The summed E-state index contributed by atoms with van der Waals surface area (Å²) in [6.45, 7) is 1.02. The van der Waals surface area contributed by atoms with E-state index in [1.165, 1.54) is 0 Å². The number of aliphatic hydroxyl groups is 2. The molecule has 8 heteroatoms. The van der Waals surface area contributed by atoms with Crippen molar-refractivity contribution in [2.75, 3.05) is 6.54 Å². The van der Waals surface area contributed by atoms with Crippen molar-refractivity contribution in [2.24, 2.45) is 17.2 Å². The maximum atomic E-state index is 10.4. The van der Waals surface area contributed by atoms with Crippen LogP contribution in [-0.4, -0.2) is 38.8 Å². The third-order valence-corrected chi connectivity index (χ3v) is 7.39. The van der Waals surface area contributed by atoms with Gasteiger partial charge in [-0.3, -0.25) is 9.97 Å². The number of hydrogen-bond donors (Lipinski definition) is 6. The molecule has 0 fully saturated rings. The highest BCUT2D eigenvalue weighted by Crippen LogP contribution is 2.30. The molecule has 0 saturated heterocycles. The zero-order valence-corrected chi connectivity index (χ0v) is 23.4. The molecule has 41 heavy (non-hydrogen) atoms. The van der Waals surface area contributed by atoms with Crippen LogP contribution < -0.4 is 22.5 Å². The lowest BCUT2D eigenvalue weighted by Crippen LogP contribution is -2.47. The molecule has 2 aromatic heterocycles. The number of hydrogen-bond acceptors (Lipinski definition) is 8. The monoisotopic (exact) mass is 554 g/mol. The van der Waals surface area contributed by atoms with E-state index in [0.717, 1.165) is 22.5 Å². The van der Waals surface area contributed by atoms with Crippen LogP contribution in [0, 0.1) is 0 Å². The Morgan fingerprint density at radius 1 is 0.683 bits per heavy atom. The van der Waals surface area contributed by atoms with Crippen LogP contribution in [0.1, 0.15) is 47.3 Å². The Morgan fingerprint density at radius 2 is 1.22 bits per heavy atom. The van der Waals surface area contributed by atoms with Crippen LogP contribution in [0.5, 0.6) is 0 Å². The molecule has 0 aliphatic carbocycles. The molecule has 2 heterocycles. The van der Waals surface area contributed by atoms with Crippen molar-refractivity contribution in [2.45, 2.75) is 62.1 Å². The van der Waals surface area contributed by atoms with Crippen LogP contribution in [0.25, 0.3) is 0 Å². The van der Waals surface area contributed by atoms with E-state index in [9.17, 15) is 10.2 Å². The topological polar surface area (TPSA) is 156 Å². The fourth-order valence-corrected chi connectivity index (χ4v) is 5.27. The van der Waals surface area contributed by atoms with E-state index >= 15 is 0 Å². The van der Waals surface area contributed by atoms with E-state index in [4.69, 9.17) is 17.2 Å². The first-order valence-electron chi connectivity index (χ1n) is 14.1. The normalized spacial score (nSPS) is 14.8. The first kappa shape index (κ1) is 30.5. The van der Waals surface area contributed by atoms with Gasteiger partial charge in [0.1, 0.15) is 0 Å². The van der Waals surface area contributed by atoms with Crippen molar-refractivity contribution >= 4 is 0 Å². The van der Waals surface area contributed by atoms with Gasteiger partial charge in [-0.05, 0) is 48.2 Å². The van der Waals surface area contributed by atoms with E-state index in [1.54, 1.807) is 36.7 Å². The smallest absolute Gasteiger partial charge is 0.190 e. The average molecular weight is 555 g/mol. The van der Waals surface area contributed by atoms with Crippen molar-refractivity contribution in [1.82, 2.24) is 15.3 Å². The predicted octanol–water partition coefficient (Wildman–Crippen LogP) is 2.87. The maximum Gasteiger partial charge on any atom is 0.190 e. The molecule has 9 N–H and O–H groups in total. The number of benzene rings is 2. The molecule has 0 spiro atoms. The Hall–Kier alpha value is -3.50. The van der Waals surface area contributed by atoms with Crippen LogP contribution >= 0.6 is 0 Å². The molecular formula is C33H42N6O2. The maximum absolute atomic E-state index is 10.4. The highest BCUT2D eigenvalue weighted by atomic mass is 16.5. The molecule has 216 valence electrons. The van der Waals surface area contributed by atoms with Crippen molar-refractivity contribution in [1.29, 1.82) is 0 Å². The van der Waals surface area contributed by atoms with Crippen molar-refractivity contribution in [3.8, 4) is 0 Å². The van der Waals surface area contributed by atoms with Gasteiger partial charge in [0.25, 0.3) is 0 Å². The fraction of sp³-hybridized carbons (Fsp3) is 0.333. The van der Waals surface area contributed by atoms with Gasteiger partial charge in [-0.25, -0.2) is 0 Å². The number of pyridine rings is 2. The molecule has 2 unspecified atom stereocenters. The molecule has 8 nitrogen and oxygen atoms in total. The summed E-state index contributed by atoms with van der Waals surface area (Å²) in [6.07, 6.45) is 6.06. The highest BCUT2D eigenvalue weighted by Gasteiger charge is 2.32. The lowest BCUT2D eigenvalue weighted by Gasteiger charge is -2.35. The van der Waals surface area contributed by atoms with Crippen LogP contribution in [-0.2, 0) is 30.7 Å². The molecule has 4 rings (SSSR count). The van der Waals surface area contributed by atoms with E-state index in [2.05, 4.69) is 15.3 Å². The van der Waals surface area contributed by atoms with Gasteiger partial charge >= 0.3 is 0 Å². The van der Waals surface area contributed by atoms with E-state index < -0.39 is 11.3 Å². The van der Waals surface area contributed by atoms with Gasteiger partial charge < -0.3 is 32.7 Å². The third kappa shape index (κ3) is 9.26. The van der Waals surface area contributed by atoms with Gasteiger partial charge in [0.15, 0.2) is 5.79 Å². The number of aromatic nitrogens is 2. The Morgan fingerprint density at radius 3 is 1.73 bits per heavy atom. The number of nitrogens with one attached hydrogen (secondary N) is 1. The van der Waals surface area contributed by atoms with Crippen LogP contribution in [0.4, 0.5) is 0 Å². The van der Waals surface area contributed by atoms with Gasteiger partial charge in [-0.1, -0.05) is 66.7 Å². The van der Waals surface area contributed by atoms with Crippen molar-refractivity contribution in [3.63, 3.8) is 0 Å². The number of nitrogens with zero attached hydrogens (tertiary/aromatic N) is 2. The predicted molar refractivity (Wildman–Crippen MR) is 162 cm³/mol. The molecular weight excluding hydrogens is 512 g/mol. The first-order valence-corrected chi connectivity index (χ1v) is 14.1. The van der Waals surface area contributed by atoms with Crippen LogP contribution in [0.3, 0.4) is 0 Å². The lowest BCUT2D eigenvalue weighted by molar-refractivity contribution is -0.173. The molecule has 0 amide bonds. The fourth-order valence-electron chi connectivity index (χ4n) is 5.27. The molecule has 2 aromatic carbocycles. The van der Waals surface area contributed by atoms with Gasteiger partial charge in [0, 0.05) is 79.3 Å². The SMILES string of the molecule is NC(Cc1ccccn1)CC(N)(C[C@@H](N)Cc1ccccn1)c1ccc(CNCCC(O)(O)c2ccccc2)cc1. The second-order valence-corrected chi connectivity index (χ2v) is 10.9. The van der Waals surface area contributed by atoms with Crippen molar-refractivity contribution < 1.29 is 10.2 Å². The number of rotatable bonds is 15. The largest absolute Gasteiger partial charge is 0.362 e. The Bertz CT molecular complexity index is 1250. The molecule has 0 radical (unpaired) electrons. The summed E-state index contributed by atoms with van der Waals surface area (Å²) in [7, 11) is 0. The summed E-state index contributed by atoms with van der Waals surface area (Å²) in [5.74, 6) is -1.88. The molecule has 0 aliphatic heterocycles. The highest BCUT2D eigenvalue weighted by molar-refractivity contribution is 5.29. The van der Waals surface area contributed by atoms with E-state index in [-0.39, 0.29) is 18.5 Å². The molecule has 0 aliphatic rings. The Labute approximate surface area is 242 Å². The average Bonchev–Trinajstić information content (AvgIpc) is 2.97. The quantitative estimate of drug-likeness (QED) is 0.0968. The second kappa shape index (κ2) is 14.4. The number of nitrogens with two attached hydrogens (primary N) is 3. The molecule has 0 bridgehead atoms. The zero-order valence-electron chi connectivity index (χ0n) is 23.4. The second-order valence-electron chi connectivity index (χ2n) is 10.9. The van der Waals surface area contributed by atoms with Gasteiger partial charge in [0.05, 0.1) is 0 Å². The van der Waals surface area contributed by atoms with E-state index in [0.29, 0.717) is 44.3 Å². The summed E-state index contributed by atoms with van der Waals surface area (Å²) in [6, 6.07) is 28.3. The first-order chi connectivity index (χ1) is 19.7. The van der Waals surface area contributed by atoms with Gasteiger partial charge in [0.2, 0.25) is 0 Å². The molecule has 0 saturated carbocycles. The van der Waals surface area contributed by atoms with E-state index in [1.807, 2.05) is 66.7 Å². The van der Waals surface area contributed by atoms with Crippen molar-refractivity contribution in [3.05, 3.63) is 131 Å². The summed E-state index contributed by atoms with van der Waals surface area (Å²) < 4.78 is 0. The Kier molecular flexibility index (Phi) is 10.7. The van der Waals surface area contributed by atoms with Crippen LogP contribution in [0.15, 0.2) is 103 Å². The third-order valence-electron chi connectivity index (χ3n) is 7.39. The zero-order chi connectivity index (χ0) is 29.1. The summed E-state index contributed by atoms with van der Waals surface area (Å²) in [5, 5.41) is 24.1. The lowest BCUT2D eigenvalue weighted by atomic mass is 9.78. The summed E-state index contributed by atoms with van der Waals surface area (Å²) in [4.78, 5) is 8.85. The summed E-state index contributed by atoms with van der Waals surface area (Å²) >= 11 is 0. The van der Waals surface area contributed by atoms with Crippen LogP contribution in [0.2, 0.25) is 0 Å².